The normalized spacial score (nSPS) is 23.6. The minimum absolute atomic E-state index is 0.0123. The van der Waals surface area contributed by atoms with E-state index in [9.17, 15) is 4.79 Å². The van der Waals surface area contributed by atoms with E-state index in [-0.39, 0.29) is 12.1 Å². The van der Waals surface area contributed by atoms with E-state index in [2.05, 4.69) is 13.8 Å². The van der Waals surface area contributed by atoms with Crippen LogP contribution in [0.1, 0.15) is 26.7 Å². The molecule has 1 aliphatic heterocycles. The molecule has 4 nitrogen and oxygen atoms in total. The van der Waals surface area contributed by atoms with Crippen LogP contribution in [0.3, 0.4) is 0 Å². The molecule has 0 aliphatic carbocycles. The van der Waals surface area contributed by atoms with Gasteiger partial charge in [-0.3, -0.25) is 9.69 Å². The fourth-order valence-electron chi connectivity index (χ4n) is 2.16. The fourth-order valence-corrected chi connectivity index (χ4v) is 2.16. The molecule has 0 aromatic heterocycles. The van der Waals surface area contributed by atoms with E-state index >= 15 is 0 Å². The summed E-state index contributed by atoms with van der Waals surface area (Å²) in [5.41, 5.74) is -0.0123. The van der Waals surface area contributed by atoms with Crippen LogP contribution in [0.2, 0.25) is 0 Å². The summed E-state index contributed by atoms with van der Waals surface area (Å²) in [7, 11) is 1.54. The van der Waals surface area contributed by atoms with E-state index in [4.69, 9.17) is 9.84 Å². The van der Waals surface area contributed by atoms with Gasteiger partial charge in [0.2, 0.25) is 0 Å². The van der Waals surface area contributed by atoms with Gasteiger partial charge < -0.3 is 9.84 Å². The summed E-state index contributed by atoms with van der Waals surface area (Å²) in [5, 5.41) is 9.08. The summed E-state index contributed by atoms with van der Waals surface area (Å²) in [4.78, 5) is 13.1. The number of hydrogen-bond acceptors (Lipinski definition) is 3. The van der Waals surface area contributed by atoms with Crippen molar-refractivity contribution in [1.29, 1.82) is 0 Å². The summed E-state index contributed by atoms with van der Waals surface area (Å²) in [6.45, 7) is 5.29. The van der Waals surface area contributed by atoms with Crippen molar-refractivity contribution in [3.8, 4) is 0 Å². The Balaban J connectivity index is 2.72. The molecule has 1 N–H and O–H groups in total. The van der Waals surface area contributed by atoms with Crippen LogP contribution in [0.4, 0.5) is 0 Å². The Bertz CT molecular complexity index is 215. The number of carboxylic acid groups (broad SMARTS) is 1. The number of methoxy groups -OCH3 is 1. The molecule has 0 aromatic carbocycles. The molecule has 0 bridgehead atoms. The highest BCUT2D eigenvalue weighted by atomic mass is 16.5. The third-order valence-corrected chi connectivity index (χ3v) is 2.95. The smallest absolute Gasteiger partial charge is 0.323 e. The lowest BCUT2D eigenvalue weighted by atomic mass is 10.0. The van der Waals surface area contributed by atoms with E-state index in [1.165, 1.54) is 0 Å². The lowest BCUT2D eigenvalue weighted by Crippen LogP contribution is -2.51. The van der Waals surface area contributed by atoms with Crippen LogP contribution < -0.4 is 0 Å². The van der Waals surface area contributed by atoms with Crippen LogP contribution in [0.25, 0.3) is 0 Å². The van der Waals surface area contributed by atoms with Gasteiger partial charge in [-0.1, -0.05) is 0 Å². The Morgan fingerprint density at radius 2 is 2.29 bits per heavy atom. The van der Waals surface area contributed by atoms with Gasteiger partial charge in [-0.05, 0) is 33.2 Å². The minimum atomic E-state index is -0.790. The molecule has 1 fully saturated rings. The molecule has 4 heteroatoms. The van der Waals surface area contributed by atoms with E-state index < -0.39 is 12.0 Å². The highest BCUT2D eigenvalue weighted by molar-refractivity contribution is 5.73. The van der Waals surface area contributed by atoms with Gasteiger partial charge in [-0.25, -0.2) is 0 Å². The first-order chi connectivity index (χ1) is 6.49. The largest absolute Gasteiger partial charge is 0.480 e. The molecule has 1 rings (SSSR count). The first-order valence-electron chi connectivity index (χ1n) is 4.97. The third-order valence-electron chi connectivity index (χ3n) is 2.95. The highest BCUT2D eigenvalue weighted by Crippen LogP contribution is 2.30. The molecular formula is C10H19NO3. The molecule has 1 unspecified atom stereocenters. The fraction of sp³-hybridized carbons (Fsp3) is 0.900. The van der Waals surface area contributed by atoms with Gasteiger partial charge in [0.05, 0.1) is 6.61 Å². The van der Waals surface area contributed by atoms with Gasteiger partial charge in [0, 0.05) is 12.6 Å². The second kappa shape index (κ2) is 4.28. The van der Waals surface area contributed by atoms with Crippen molar-refractivity contribution in [3.63, 3.8) is 0 Å². The molecule has 1 atom stereocenters. The number of nitrogens with zero attached hydrogens (tertiary/aromatic N) is 1. The molecule has 0 saturated carbocycles. The second-order valence-corrected chi connectivity index (χ2v) is 4.42. The molecule has 0 amide bonds. The number of carboxylic acids is 1. The Labute approximate surface area is 84.8 Å². The number of likely N-dealkylation sites (tertiary alicyclic amines) is 1. The summed E-state index contributed by atoms with van der Waals surface area (Å²) in [6.07, 6.45) is 2.13. The van der Waals surface area contributed by atoms with Crippen molar-refractivity contribution in [2.75, 3.05) is 20.3 Å². The predicted molar refractivity (Wildman–Crippen MR) is 53.3 cm³/mol. The number of ether oxygens (including phenoxy) is 1. The average Bonchev–Trinajstić information content (AvgIpc) is 2.40. The van der Waals surface area contributed by atoms with Crippen molar-refractivity contribution in [1.82, 2.24) is 4.90 Å². The minimum Gasteiger partial charge on any atom is -0.480 e. The van der Waals surface area contributed by atoms with E-state index in [1.54, 1.807) is 7.11 Å². The maximum atomic E-state index is 11.0. The van der Waals surface area contributed by atoms with Crippen LogP contribution in [-0.2, 0) is 9.53 Å². The average molecular weight is 201 g/mol. The quantitative estimate of drug-likeness (QED) is 0.736. The van der Waals surface area contributed by atoms with Crippen LogP contribution >= 0.6 is 0 Å². The zero-order valence-electron chi connectivity index (χ0n) is 9.12. The Kier molecular flexibility index (Phi) is 3.50. The molecule has 82 valence electrons. The van der Waals surface area contributed by atoms with Crippen molar-refractivity contribution >= 4 is 5.97 Å². The number of rotatable bonds is 4. The summed E-state index contributed by atoms with van der Waals surface area (Å²) in [6, 6.07) is -0.502. The molecule has 1 saturated heterocycles. The Morgan fingerprint density at radius 3 is 2.64 bits per heavy atom. The standard InChI is InChI=1S/C10H19NO3/c1-10(2)5-4-6-11(10)8(7-14-3)9(12)13/h8H,4-7H2,1-3H3,(H,12,13). The van der Waals surface area contributed by atoms with Crippen LogP contribution in [-0.4, -0.2) is 47.8 Å². The van der Waals surface area contributed by atoms with Gasteiger partial charge in [0.15, 0.2) is 0 Å². The third kappa shape index (κ3) is 2.25. The SMILES string of the molecule is COCC(C(=O)O)N1CCCC1(C)C. The lowest BCUT2D eigenvalue weighted by Gasteiger charge is -2.35. The molecule has 1 heterocycles. The highest BCUT2D eigenvalue weighted by Gasteiger charge is 2.39. The van der Waals surface area contributed by atoms with Crippen molar-refractivity contribution < 1.29 is 14.6 Å². The number of carbonyl (C=O) groups is 1. The topological polar surface area (TPSA) is 49.8 Å². The molecule has 0 spiro atoms. The molecule has 14 heavy (non-hydrogen) atoms. The van der Waals surface area contributed by atoms with Gasteiger partial charge >= 0.3 is 5.97 Å². The number of aliphatic carboxylic acids is 1. The summed E-state index contributed by atoms with van der Waals surface area (Å²) < 4.78 is 4.95. The Hall–Kier alpha value is -0.610. The van der Waals surface area contributed by atoms with Gasteiger partial charge in [-0.2, -0.15) is 0 Å². The van der Waals surface area contributed by atoms with Gasteiger partial charge in [-0.15, -0.1) is 0 Å². The molecule has 0 aromatic rings. The van der Waals surface area contributed by atoms with Crippen LogP contribution in [0.5, 0.6) is 0 Å². The lowest BCUT2D eigenvalue weighted by molar-refractivity contribution is -0.147. The Morgan fingerprint density at radius 1 is 1.64 bits per heavy atom. The molecule has 1 aliphatic rings. The second-order valence-electron chi connectivity index (χ2n) is 4.42. The first kappa shape index (κ1) is 11.5. The maximum absolute atomic E-state index is 11.0. The predicted octanol–water partition coefficient (Wildman–Crippen LogP) is 0.960. The van der Waals surface area contributed by atoms with E-state index in [0.29, 0.717) is 0 Å². The molecular weight excluding hydrogens is 182 g/mol. The maximum Gasteiger partial charge on any atom is 0.323 e. The van der Waals surface area contributed by atoms with Crippen LogP contribution in [0, 0.1) is 0 Å². The monoisotopic (exact) mass is 201 g/mol. The summed E-state index contributed by atoms with van der Waals surface area (Å²) >= 11 is 0. The summed E-state index contributed by atoms with van der Waals surface area (Å²) in [5.74, 6) is -0.790. The number of hydrogen-bond donors (Lipinski definition) is 1. The van der Waals surface area contributed by atoms with Gasteiger partial charge in [0.25, 0.3) is 0 Å². The van der Waals surface area contributed by atoms with Crippen LogP contribution in [0.15, 0.2) is 0 Å². The van der Waals surface area contributed by atoms with Crippen molar-refractivity contribution in [2.24, 2.45) is 0 Å². The van der Waals surface area contributed by atoms with Gasteiger partial charge in [0.1, 0.15) is 6.04 Å². The van der Waals surface area contributed by atoms with Crippen molar-refractivity contribution in [3.05, 3.63) is 0 Å². The first-order valence-corrected chi connectivity index (χ1v) is 4.97. The molecule has 0 radical (unpaired) electrons. The zero-order chi connectivity index (χ0) is 10.8. The zero-order valence-corrected chi connectivity index (χ0v) is 9.12. The van der Waals surface area contributed by atoms with E-state index in [1.807, 2.05) is 4.90 Å². The van der Waals surface area contributed by atoms with E-state index in [0.717, 1.165) is 19.4 Å². The van der Waals surface area contributed by atoms with Crippen molar-refractivity contribution in [2.45, 2.75) is 38.3 Å².